The Morgan fingerprint density at radius 3 is 2.39 bits per heavy atom. The Morgan fingerprint density at radius 2 is 1.86 bits per heavy atom. The van der Waals surface area contributed by atoms with Crippen molar-refractivity contribution in [2.75, 3.05) is 0 Å². The number of rotatable bonds is 3. The van der Waals surface area contributed by atoms with Gasteiger partial charge in [0.05, 0.1) is 5.76 Å². The average Bonchev–Trinajstić information content (AvgIpc) is 2.59. The Balaban J connectivity index is 0.000000425. The second-order valence-corrected chi connectivity index (χ2v) is 6.72. The maximum atomic E-state index is 10.0. The first kappa shape index (κ1) is 23.7. The van der Waals surface area contributed by atoms with Gasteiger partial charge < -0.3 is 10.1 Å². The monoisotopic (exact) mass is 553 g/mol. The summed E-state index contributed by atoms with van der Waals surface area (Å²) in [4.78, 5) is 14.6. The van der Waals surface area contributed by atoms with Gasteiger partial charge in [-0.05, 0) is 48.4 Å². The predicted octanol–water partition coefficient (Wildman–Crippen LogP) is 5.92. The van der Waals surface area contributed by atoms with E-state index >= 15 is 0 Å². The van der Waals surface area contributed by atoms with Gasteiger partial charge in [0.25, 0.3) is 0 Å². The van der Waals surface area contributed by atoms with E-state index in [-0.39, 0.29) is 31.6 Å². The standard InChI is InChI=1S/C19H18N.C5H8O2.Ir/c1-4-15-5-6-18-16(12-15)7-8-20-19(18)17-10-13(2)9-14(3)11-17;1-4(6)3-5(2)7;/h5-10,12H,4H2,1-3H3;3,6H,1-2H3;/q-1;;/b;4-3-;. The molecule has 3 rings (SSSR count). The van der Waals surface area contributed by atoms with Gasteiger partial charge in [-0.25, -0.2) is 0 Å². The second kappa shape index (κ2) is 10.9. The van der Waals surface area contributed by atoms with Crippen LogP contribution < -0.4 is 0 Å². The van der Waals surface area contributed by atoms with Crippen molar-refractivity contribution in [1.29, 1.82) is 0 Å². The number of ketones is 1. The molecule has 0 unspecified atom stereocenters. The van der Waals surface area contributed by atoms with Crippen LogP contribution in [0.5, 0.6) is 0 Å². The Labute approximate surface area is 180 Å². The summed E-state index contributed by atoms with van der Waals surface area (Å²) in [5.74, 6) is -0.0625. The molecule has 3 nitrogen and oxygen atoms in total. The number of hydrogen-bond acceptors (Lipinski definition) is 3. The zero-order valence-corrected chi connectivity index (χ0v) is 19.4. The van der Waals surface area contributed by atoms with E-state index in [1.54, 1.807) is 0 Å². The number of aryl methyl sites for hydroxylation is 3. The molecular weight excluding hydrogens is 526 g/mol. The molecule has 0 saturated heterocycles. The predicted molar refractivity (Wildman–Crippen MR) is 112 cm³/mol. The number of pyridine rings is 1. The van der Waals surface area contributed by atoms with Crippen molar-refractivity contribution in [1.82, 2.24) is 4.98 Å². The van der Waals surface area contributed by atoms with E-state index in [1.807, 2.05) is 6.20 Å². The van der Waals surface area contributed by atoms with Gasteiger partial charge in [0, 0.05) is 32.4 Å². The number of benzene rings is 2. The number of fused-ring (bicyclic) bond motifs is 1. The number of nitrogens with zero attached hydrogens (tertiary/aromatic N) is 1. The topological polar surface area (TPSA) is 50.2 Å². The van der Waals surface area contributed by atoms with Crippen LogP contribution in [0.3, 0.4) is 0 Å². The van der Waals surface area contributed by atoms with Crippen molar-refractivity contribution >= 4 is 16.6 Å². The summed E-state index contributed by atoms with van der Waals surface area (Å²) in [6.45, 7) is 9.23. The molecule has 0 spiro atoms. The van der Waals surface area contributed by atoms with Crippen LogP contribution in [0.2, 0.25) is 0 Å². The van der Waals surface area contributed by atoms with Crippen LogP contribution in [-0.4, -0.2) is 15.9 Å². The van der Waals surface area contributed by atoms with E-state index in [1.165, 1.54) is 41.8 Å². The molecule has 0 aliphatic rings. The zero-order chi connectivity index (χ0) is 20.0. The molecule has 0 bridgehead atoms. The van der Waals surface area contributed by atoms with Crippen molar-refractivity contribution in [3.8, 4) is 11.3 Å². The summed E-state index contributed by atoms with van der Waals surface area (Å²) in [5, 5.41) is 10.8. The quantitative estimate of drug-likeness (QED) is 0.250. The molecule has 149 valence electrons. The van der Waals surface area contributed by atoms with E-state index in [9.17, 15) is 4.79 Å². The molecule has 0 saturated carbocycles. The number of carbonyl (C=O) groups excluding carboxylic acids is 1. The molecule has 0 aliphatic carbocycles. The number of carbonyl (C=O) groups is 1. The summed E-state index contributed by atoms with van der Waals surface area (Å²) in [7, 11) is 0. The third-order valence-corrected chi connectivity index (χ3v) is 4.05. The number of aliphatic hydroxyl groups excluding tert-OH is 1. The molecule has 3 aromatic rings. The fraction of sp³-hybridized carbons (Fsp3) is 0.250. The molecule has 0 atom stereocenters. The van der Waals surface area contributed by atoms with Crippen LogP contribution in [0.4, 0.5) is 0 Å². The van der Waals surface area contributed by atoms with Crippen LogP contribution in [0, 0.1) is 19.9 Å². The maximum absolute atomic E-state index is 10.0. The Hall–Kier alpha value is -2.29. The third kappa shape index (κ3) is 6.70. The number of aromatic nitrogens is 1. The van der Waals surface area contributed by atoms with E-state index < -0.39 is 0 Å². The number of allylic oxidation sites excluding steroid dienone is 2. The summed E-state index contributed by atoms with van der Waals surface area (Å²) in [6, 6.07) is 16.4. The minimum Gasteiger partial charge on any atom is -0.512 e. The molecule has 28 heavy (non-hydrogen) atoms. The number of hydrogen-bond donors (Lipinski definition) is 1. The van der Waals surface area contributed by atoms with Gasteiger partial charge in [-0.2, -0.15) is 0 Å². The largest absolute Gasteiger partial charge is 0.512 e. The molecule has 0 fully saturated rings. The summed E-state index contributed by atoms with van der Waals surface area (Å²) in [5.41, 5.74) is 5.87. The summed E-state index contributed by atoms with van der Waals surface area (Å²) >= 11 is 0. The van der Waals surface area contributed by atoms with Gasteiger partial charge in [0.15, 0.2) is 5.78 Å². The van der Waals surface area contributed by atoms with Gasteiger partial charge in [0.1, 0.15) is 0 Å². The van der Waals surface area contributed by atoms with Crippen LogP contribution in [0.1, 0.15) is 37.5 Å². The number of aliphatic hydroxyl groups is 1. The van der Waals surface area contributed by atoms with Gasteiger partial charge in [-0.3, -0.25) is 4.79 Å². The van der Waals surface area contributed by atoms with E-state index in [2.05, 4.69) is 68.2 Å². The van der Waals surface area contributed by atoms with Crippen molar-refractivity contribution in [3.05, 3.63) is 77.2 Å². The first-order valence-corrected chi connectivity index (χ1v) is 9.06. The van der Waals surface area contributed by atoms with Crippen LogP contribution in [-0.2, 0) is 31.3 Å². The Morgan fingerprint density at radius 1 is 1.14 bits per heavy atom. The van der Waals surface area contributed by atoms with Crippen molar-refractivity contribution in [2.45, 2.75) is 41.0 Å². The van der Waals surface area contributed by atoms with E-state index in [0.29, 0.717) is 0 Å². The summed E-state index contributed by atoms with van der Waals surface area (Å²) in [6.07, 6.45) is 4.12. The molecular formula is C24H26IrNO2-. The molecule has 1 heterocycles. The second-order valence-electron chi connectivity index (χ2n) is 6.72. The van der Waals surface area contributed by atoms with Crippen molar-refractivity contribution < 1.29 is 30.0 Å². The van der Waals surface area contributed by atoms with Gasteiger partial charge in [-0.15, -0.1) is 34.9 Å². The first-order valence-electron chi connectivity index (χ1n) is 9.06. The fourth-order valence-corrected chi connectivity index (χ4v) is 2.98. The molecule has 0 amide bonds. The fourth-order valence-electron chi connectivity index (χ4n) is 2.98. The Bertz CT molecular complexity index is 969. The van der Waals surface area contributed by atoms with Gasteiger partial charge in [0.2, 0.25) is 0 Å². The van der Waals surface area contributed by atoms with Crippen LogP contribution in [0.15, 0.2) is 54.4 Å². The smallest absolute Gasteiger partial charge is 0.155 e. The Kier molecular flexibility index (Phi) is 9.24. The molecule has 0 aliphatic heterocycles. The van der Waals surface area contributed by atoms with Gasteiger partial charge in [-0.1, -0.05) is 39.0 Å². The zero-order valence-electron chi connectivity index (χ0n) is 17.0. The maximum Gasteiger partial charge on any atom is 0.155 e. The van der Waals surface area contributed by atoms with E-state index in [4.69, 9.17) is 5.11 Å². The average molecular weight is 553 g/mol. The molecule has 4 heteroatoms. The molecule has 1 aromatic heterocycles. The summed E-state index contributed by atoms with van der Waals surface area (Å²) < 4.78 is 0. The first-order chi connectivity index (χ1) is 12.8. The molecule has 1 N–H and O–H groups in total. The molecule has 2 aromatic carbocycles. The van der Waals surface area contributed by atoms with Gasteiger partial charge >= 0.3 is 0 Å². The third-order valence-electron chi connectivity index (χ3n) is 4.05. The van der Waals surface area contributed by atoms with Crippen LogP contribution >= 0.6 is 0 Å². The SMILES string of the molecule is CC(=O)/C=C(/C)O.CCc1ccc2c(-c3[c-]c(C)cc(C)c3)nccc2c1.[Ir]. The van der Waals surface area contributed by atoms with E-state index in [0.717, 1.165) is 23.2 Å². The molecule has 1 radical (unpaired) electrons. The van der Waals surface area contributed by atoms with Crippen molar-refractivity contribution in [3.63, 3.8) is 0 Å². The minimum absolute atomic E-state index is 0. The van der Waals surface area contributed by atoms with Crippen LogP contribution in [0.25, 0.3) is 22.0 Å². The van der Waals surface area contributed by atoms with Crippen molar-refractivity contribution in [2.24, 2.45) is 0 Å². The normalized spacial score (nSPS) is 10.7. The minimum atomic E-state index is -0.125.